The molecule has 22 heavy (non-hydrogen) atoms. The van der Waals surface area contributed by atoms with E-state index in [9.17, 15) is 13.2 Å². The van der Waals surface area contributed by atoms with Gasteiger partial charge in [-0.15, -0.1) is 11.3 Å². The quantitative estimate of drug-likeness (QED) is 0.742. The average molecular weight is 345 g/mol. The van der Waals surface area contributed by atoms with Crippen molar-refractivity contribution in [1.29, 1.82) is 0 Å². The Kier molecular flexibility index (Phi) is 6.00. The van der Waals surface area contributed by atoms with E-state index in [0.717, 1.165) is 6.42 Å². The normalized spacial score (nSPS) is 22.7. The smallest absolute Gasteiger partial charge is 0.308 e. The standard InChI is InChI=1S/C15H23NO4S2/c1-16(10-9-13-4-3-11-21-13)22(18,19)14-7-5-12(6-8-14)15(17)20-2/h3-4,11-12,14H,5-10H2,1-2H3. The maximum atomic E-state index is 12.6. The highest BCUT2D eigenvalue weighted by Gasteiger charge is 2.35. The lowest BCUT2D eigenvalue weighted by atomic mass is 9.89. The summed E-state index contributed by atoms with van der Waals surface area (Å²) in [7, 11) is -0.259. The summed E-state index contributed by atoms with van der Waals surface area (Å²) in [5, 5.41) is 1.62. The number of esters is 1. The van der Waals surface area contributed by atoms with Crippen molar-refractivity contribution in [3.05, 3.63) is 22.4 Å². The molecule has 1 aliphatic rings. The van der Waals surface area contributed by atoms with Crippen LogP contribution >= 0.6 is 11.3 Å². The number of methoxy groups -OCH3 is 1. The van der Waals surface area contributed by atoms with Crippen molar-refractivity contribution in [3.63, 3.8) is 0 Å². The highest BCUT2D eigenvalue weighted by Crippen LogP contribution is 2.30. The molecule has 1 aliphatic carbocycles. The van der Waals surface area contributed by atoms with Gasteiger partial charge in [0.2, 0.25) is 10.0 Å². The molecule has 0 spiro atoms. The zero-order chi connectivity index (χ0) is 16.2. The summed E-state index contributed by atoms with van der Waals surface area (Å²) >= 11 is 1.64. The van der Waals surface area contributed by atoms with Gasteiger partial charge < -0.3 is 4.74 Å². The average Bonchev–Trinajstić information content (AvgIpc) is 3.05. The Morgan fingerprint density at radius 3 is 2.59 bits per heavy atom. The Labute approximate surface area is 136 Å². The van der Waals surface area contributed by atoms with Gasteiger partial charge in [0.15, 0.2) is 0 Å². The summed E-state index contributed by atoms with van der Waals surface area (Å²) < 4.78 is 31.4. The lowest BCUT2D eigenvalue weighted by Crippen LogP contribution is -2.40. The number of hydrogen-bond donors (Lipinski definition) is 0. The van der Waals surface area contributed by atoms with Crippen LogP contribution in [-0.2, 0) is 26.0 Å². The van der Waals surface area contributed by atoms with E-state index >= 15 is 0 Å². The fourth-order valence-electron chi connectivity index (χ4n) is 2.87. The molecular formula is C15H23NO4S2. The molecular weight excluding hydrogens is 322 g/mol. The van der Waals surface area contributed by atoms with Gasteiger partial charge in [-0.3, -0.25) is 4.79 Å². The van der Waals surface area contributed by atoms with Gasteiger partial charge in [-0.25, -0.2) is 12.7 Å². The summed E-state index contributed by atoms with van der Waals surface area (Å²) in [6, 6.07) is 4.00. The van der Waals surface area contributed by atoms with Gasteiger partial charge in [-0.2, -0.15) is 0 Å². The number of carbonyl (C=O) groups excluding carboxylic acids is 1. The molecule has 0 aliphatic heterocycles. The van der Waals surface area contributed by atoms with Crippen molar-refractivity contribution in [3.8, 4) is 0 Å². The van der Waals surface area contributed by atoms with Crippen LogP contribution in [0.4, 0.5) is 0 Å². The van der Waals surface area contributed by atoms with E-state index in [1.165, 1.54) is 16.3 Å². The summed E-state index contributed by atoms with van der Waals surface area (Å²) in [5.74, 6) is -0.366. The third-order valence-corrected chi connectivity index (χ3v) is 7.62. The third-order valence-electron chi connectivity index (χ3n) is 4.32. The van der Waals surface area contributed by atoms with Crippen molar-refractivity contribution in [1.82, 2.24) is 4.31 Å². The number of hydrogen-bond acceptors (Lipinski definition) is 5. The molecule has 5 nitrogen and oxygen atoms in total. The number of sulfonamides is 1. The van der Waals surface area contributed by atoms with E-state index in [4.69, 9.17) is 4.74 Å². The SMILES string of the molecule is COC(=O)C1CCC(S(=O)(=O)N(C)CCc2cccs2)CC1. The molecule has 1 aromatic heterocycles. The lowest BCUT2D eigenvalue weighted by Gasteiger charge is -2.30. The summed E-state index contributed by atoms with van der Waals surface area (Å²) in [6.45, 7) is 0.500. The van der Waals surface area contributed by atoms with Gasteiger partial charge >= 0.3 is 5.97 Å². The van der Waals surface area contributed by atoms with Crippen LogP contribution in [0.3, 0.4) is 0 Å². The number of carbonyl (C=O) groups is 1. The topological polar surface area (TPSA) is 63.7 Å². The third kappa shape index (κ3) is 4.08. The van der Waals surface area contributed by atoms with Crippen molar-refractivity contribution < 1.29 is 17.9 Å². The van der Waals surface area contributed by atoms with Crippen molar-refractivity contribution >= 4 is 27.3 Å². The van der Waals surface area contributed by atoms with Crippen LogP contribution in [0.25, 0.3) is 0 Å². The van der Waals surface area contributed by atoms with E-state index in [1.807, 2.05) is 17.5 Å². The molecule has 0 aromatic carbocycles. The number of ether oxygens (including phenoxy) is 1. The minimum Gasteiger partial charge on any atom is -0.469 e. The van der Waals surface area contributed by atoms with E-state index < -0.39 is 10.0 Å². The van der Waals surface area contributed by atoms with Gasteiger partial charge in [-0.05, 0) is 43.6 Å². The maximum absolute atomic E-state index is 12.6. The monoisotopic (exact) mass is 345 g/mol. The highest BCUT2D eigenvalue weighted by atomic mass is 32.2. The molecule has 1 aromatic rings. The molecule has 124 valence electrons. The second-order valence-electron chi connectivity index (χ2n) is 5.69. The fraction of sp³-hybridized carbons (Fsp3) is 0.667. The summed E-state index contributed by atoms with van der Waals surface area (Å²) in [5.41, 5.74) is 0. The number of thiophene rings is 1. The predicted molar refractivity (Wildman–Crippen MR) is 87.3 cm³/mol. The summed E-state index contributed by atoms with van der Waals surface area (Å²) in [4.78, 5) is 12.7. The molecule has 1 fully saturated rings. The second kappa shape index (κ2) is 7.57. The number of likely N-dealkylation sites (N-methyl/N-ethyl adjacent to an activating group) is 1. The molecule has 0 radical (unpaired) electrons. The van der Waals surface area contributed by atoms with Crippen LogP contribution in [0.15, 0.2) is 17.5 Å². The molecule has 1 heterocycles. The van der Waals surface area contributed by atoms with E-state index in [0.29, 0.717) is 32.2 Å². The van der Waals surface area contributed by atoms with Crippen LogP contribution in [0.1, 0.15) is 30.6 Å². The maximum Gasteiger partial charge on any atom is 0.308 e. The van der Waals surface area contributed by atoms with Gasteiger partial charge in [0.25, 0.3) is 0 Å². The molecule has 0 saturated heterocycles. The fourth-order valence-corrected chi connectivity index (χ4v) is 5.29. The Balaban J connectivity index is 1.89. The Morgan fingerprint density at radius 2 is 2.05 bits per heavy atom. The molecule has 1 saturated carbocycles. The highest BCUT2D eigenvalue weighted by molar-refractivity contribution is 7.89. The zero-order valence-electron chi connectivity index (χ0n) is 13.0. The van der Waals surface area contributed by atoms with Crippen LogP contribution in [0.5, 0.6) is 0 Å². The van der Waals surface area contributed by atoms with Crippen LogP contribution in [0, 0.1) is 5.92 Å². The van der Waals surface area contributed by atoms with Crippen molar-refractivity contribution in [2.75, 3.05) is 20.7 Å². The minimum absolute atomic E-state index is 0.145. The van der Waals surface area contributed by atoms with Crippen molar-refractivity contribution in [2.24, 2.45) is 5.92 Å². The molecule has 0 bridgehead atoms. The Morgan fingerprint density at radius 1 is 1.36 bits per heavy atom. The van der Waals surface area contributed by atoms with E-state index in [1.54, 1.807) is 18.4 Å². The second-order valence-corrected chi connectivity index (χ2v) is 9.04. The van der Waals surface area contributed by atoms with Crippen molar-refractivity contribution in [2.45, 2.75) is 37.4 Å². The van der Waals surface area contributed by atoms with Crippen LogP contribution in [0.2, 0.25) is 0 Å². The van der Waals surface area contributed by atoms with E-state index in [2.05, 4.69) is 0 Å². The van der Waals surface area contributed by atoms with Crippen LogP contribution < -0.4 is 0 Å². The molecule has 2 rings (SSSR count). The Bertz CT molecular complexity index is 575. The summed E-state index contributed by atoms with van der Waals surface area (Å²) in [6.07, 6.45) is 2.99. The lowest BCUT2D eigenvalue weighted by molar-refractivity contribution is -0.146. The van der Waals surface area contributed by atoms with Gasteiger partial charge in [0, 0.05) is 18.5 Å². The van der Waals surface area contributed by atoms with Gasteiger partial charge in [-0.1, -0.05) is 6.07 Å². The zero-order valence-corrected chi connectivity index (χ0v) is 14.7. The number of nitrogens with zero attached hydrogens (tertiary/aromatic N) is 1. The first-order valence-electron chi connectivity index (χ1n) is 7.50. The first-order valence-corrected chi connectivity index (χ1v) is 9.88. The first kappa shape index (κ1) is 17.4. The number of rotatable bonds is 6. The van der Waals surface area contributed by atoms with E-state index in [-0.39, 0.29) is 17.1 Å². The van der Waals surface area contributed by atoms with Gasteiger partial charge in [0.05, 0.1) is 18.3 Å². The van der Waals surface area contributed by atoms with Crippen LogP contribution in [-0.4, -0.2) is 44.6 Å². The first-order chi connectivity index (χ1) is 10.4. The van der Waals surface area contributed by atoms with Gasteiger partial charge in [0.1, 0.15) is 0 Å². The predicted octanol–water partition coefficient (Wildman–Crippen LogP) is 2.28. The molecule has 0 amide bonds. The molecule has 7 heteroatoms. The Hall–Kier alpha value is -0.920. The molecule has 0 unspecified atom stereocenters. The largest absolute Gasteiger partial charge is 0.469 e. The molecule has 0 N–H and O–H groups in total. The molecule has 0 atom stereocenters. The minimum atomic E-state index is -3.29.